The van der Waals surface area contributed by atoms with Gasteiger partial charge >= 0.3 is 5.97 Å². The minimum atomic E-state index is -1.21. The lowest BCUT2D eigenvalue weighted by Gasteiger charge is -2.35. The van der Waals surface area contributed by atoms with Gasteiger partial charge in [0.2, 0.25) is 0 Å². The summed E-state index contributed by atoms with van der Waals surface area (Å²) in [6.45, 7) is 5.63. The third kappa shape index (κ3) is 6.84. The smallest absolute Gasteiger partial charge is 0.346 e. The summed E-state index contributed by atoms with van der Waals surface area (Å²) in [5, 5.41) is 18.1. The molecule has 1 aliphatic rings. The van der Waals surface area contributed by atoms with Crippen LogP contribution in [0.25, 0.3) is 28.0 Å². The molecule has 0 saturated heterocycles. The lowest BCUT2D eigenvalue weighted by molar-refractivity contribution is -0.132. The molecule has 0 saturated carbocycles. The zero-order chi connectivity index (χ0) is 28.8. The number of aliphatic carboxylic acids is 1. The molecule has 1 unspecified atom stereocenters. The number of fused-ring (bicyclic) bond motifs is 2. The van der Waals surface area contributed by atoms with Gasteiger partial charge in [-0.2, -0.15) is 5.26 Å². The molecule has 5 rings (SSSR count). The van der Waals surface area contributed by atoms with E-state index in [1.54, 1.807) is 17.4 Å². The van der Waals surface area contributed by atoms with Crippen molar-refractivity contribution in [3.63, 3.8) is 0 Å². The van der Waals surface area contributed by atoms with Crippen LogP contribution in [0.15, 0.2) is 82.1 Å². The summed E-state index contributed by atoms with van der Waals surface area (Å²) in [4.78, 5) is 20.3. The molecule has 7 heteroatoms. The van der Waals surface area contributed by atoms with Crippen LogP contribution in [0.4, 0.5) is 11.4 Å². The second-order valence-corrected chi connectivity index (χ2v) is 13.4. The second-order valence-electron chi connectivity index (χ2n) is 10.0. The number of anilines is 2. The van der Waals surface area contributed by atoms with Gasteiger partial charge in [0.15, 0.2) is 0 Å². The molecule has 2 aromatic carbocycles. The number of carboxylic acid groups (broad SMARTS) is 1. The molecule has 0 amide bonds. The van der Waals surface area contributed by atoms with Crippen molar-refractivity contribution < 1.29 is 9.90 Å². The number of hydrogen-bond acceptors (Lipinski definition) is 6. The maximum Gasteiger partial charge on any atom is 0.346 e. The Bertz CT molecular complexity index is 1640. The Morgan fingerprint density at radius 3 is 2.41 bits per heavy atom. The van der Waals surface area contributed by atoms with E-state index in [4.69, 9.17) is 10.4 Å². The predicted octanol–water partition coefficient (Wildman–Crippen LogP) is 10.5. The van der Waals surface area contributed by atoms with Crippen molar-refractivity contribution in [3.05, 3.63) is 87.6 Å². The summed E-state index contributed by atoms with van der Waals surface area (Å²) in [6.07, 6.45) is 10.7. The van der Waals surface area contributed by atoms with Crippen LogP contribution < -0.4 is 4.90 Å². The molecule has 0 spiro atoms. The first-order chi connectivity index (χ1) is 20.0. The number of thiophene rings is 2. The third-order valence-corrected chi connectivity index (χ3v) is 10.6. The normalized spacial score (nSPS) is 13.6. The number of unbranched alkanes of at least 4 members (excludes halogenated alkanes) is 1. The Hall–Kier alpha value is -3.57. The number of rotatable bonds is 11. The summed E-state index contributed by atoms with van der Waals surface area (Å²) in [5.74, 6) is -0.534. The molecule has 0 fully saturated rings. The number of nitriles is 1. The first-order valence-corrected chi connectivity index (χ1v) is 16.4. The van der Waals surface area contributed by atoms with E-state index in [9.17, 15) is 4.79 Å². The lowest BCUT2D eigenvalue weighted by atomic mass is 9.98. The van der Waals surface area contributed by atoms with E-state index in [-0.39, 0.29) is 5.57 Å². The Labute approximate surface area is 254 Å². The molecule has 0 bridgehead atoms. The van der Waals surface area contributed by atoms with Crippen LogP contribution in [0.5, 0.6) is 0 Å². The van der Waals surface area contributed by atoms with Gasteiger partial charge in [0, 0.05) is 35.8 Å². The van der Waals surface area contributed by atoms with Crippen molar-refractivity contribution in [1.29, 1.82) is 5.26 Å². The van der Waals surface area contributed by atoms with Gasteiger partial charge in [0.25, 0.3) is 0 Å². The minimum absolute atomic E-state index is 0.260. The number of carboxylic acids is 1. The number of nitrogens with zero attached hydrogens (tertiary/aromatic N) is 2. The van der Waals surface area contributed by atoms with E-state index >= 15 is 0 Å². The fourth-order valence-corrected chi connectivity index (χ4v) is 8.02. The summed E-state index contributed by atoms with van der Waals surface area (Å²) >= 11 is 5.03. The maximum atomic E-state index is 11.1. The molecule has 0 radical (unpaired) electrons. The Kier molecular flexibility index (Phi) is 9.45. The van der Waals surface area contributed by atoms with E-state index < -0.39 is 5.97 Å². The molecule has 2 aromatic heterocycles. The molecule has 0 aliphatic carbocycles. The third-order valence-electron chi connectivity index (χ3n) is 7.21. The van der Waals surface area contributed by atoms with E-state index in [0.717, 1.165) is 26.1 Å². The predicted molar refractivity (Wildman–Crippen MR) is 175 cm³/mol. The van der Waals surface area contributed by atoms with E-state index in [2.05, 4.69) is 85.5 Å². The molecule has 208 valence electrons. The van der Waals surface area contributed by atoms with Crippen LogP contribution in [-0.2, 0) is 4.79 Å². The molecular formula is C34H32N2O2S3. The van der Waals surface area contributed by atoms with Crippen LogP contribution in [0, 0.1) is 17.2 Å². The minimum Gasteiger partial charge on any atom is -0.477 e. The van der Waals surface area contributed by atoms with Gasteiger partial charge in [0.05, 0.1) is 11.4 Å². The van der Waals surface area contributed by atoms with Gasteiger partial charge in [-0.25, -0.2) is 4.79 Å². The van der Waals surface area contributed by atoms with Gasteiger partial charge in [-0.05, 0) is 78.6 Å². The van der Waals surface area contributed by atoms with E-state index in [1.165, 1.54) is 69.8 Å². The Morgan fingerprint density at radius 2 is 1.68 bits per heavy atom. The van der Waals surface area contributed by atoms with Gasteiger partial charge in [-0.15, -0.1) is 22.7 Å². The lowest BCUT2D eigenvalue weighted by Crippen LogP contribution is -2.27. The number of benzene rings is 2. The summed E-state index contributed by atoms with van der Waals surface area (Å²) < 4.78 is 0. The molecule has 41 heavy (non-hydrogen) atoms. The molecule has 1 aliphatic heterocycles. The standard InChI is InChI=1S/C34H32N2O2S3/c1-3-5-8-23(4-2)22-36-28-9-6-7-10-30(28)41-33-19-24(12-16-29(33)36)11-13-26-14-17-31(39-26)32-18-15-27(40-32)20-25(21-35)34(37)38/h6-7,9-20,23H,3-5,8,22H2,1-2H3,(H,37,38)/b13-11+,25-20-. The molecule has 4 aromatic rings. The first-order valence-electron chi connectivity index (χ1n) is 13.9. The average Bonchev–Trinajstić information content (AvgIpc) is 3.66. The van der Waals surface area contributed by atoms with Crippen molar-refractivity contribution in [2.24, 2.45) is 5.92 Å². The fraction of sp³-hybridized carbons (Fsp3) is 0.235. The Morgan fingerprint density at radius 1 is 0.951 bits per heavy atom. The zero-order valence-electron chi connectivity index (χ0n) is 23.2. The molecule has 1 N–H and O–H groups in total. The average molecular weight is 597 g/mol. The van der Waals surface area contributed by atoms with E-state index in [1.807, 2.05) is 23.9 Å². The van der Waals surface area contributed by atoms with Gasteiger partial charge in [-0.1, -0.05) is 69.1 Å². The number of carbonyl (C=O) groups is 1. The molecule has 3 heterocycles. The SMILES string of the molecule is CCCCC(CC)CN1c2ccccc2Sc2cc(/C=C/c3ccc(-c4ccc(/C=C(/C#N)C(=O)O)s4)s3)ccc21. The van der Waals surface area contributed by atoms with E-state index in [0.29, 0.717) is 5.92 Å². The van der Waals surface area contributed by atoms with Crippen LogP contribution in [0.3, 0.4) is 0 Å². The van der Waals surface area contributed by atoms with Gasteiger partial charge < -0.3 is 10.0 Å². The number of para-hydroxylation sites is 1. The largest absolute Gasteiger partial charge is 0.477 e. The van der Waals surface area contributed by atoms with Crippen molar-refractivity contribution >= 4 is 70.0 Å². The van der Waals surface area contributed by atoms with Gasteiger partial charge in [-0.3, -0.25) is 0 Å². The summed E-state index contributed by atoms with van der Waals surface area (Å²) in [7, 11) is 0. The van der Waals surface area contributed by atoms with Crippen LogP contribution in [0.2, 0.25) is 0 Å². The molecule has 1 atom stereocenters. The van der Waals surface area contributed by atoms with Crippen molar-refractivity contribution in [1.82, 2.24) is 0 Å². The topological polar surface area (TPSA) is 64.3 Å². The molecular weight excluding hydrogens is 565 g/mol. The monoisotopic (exact) mass is 596 g/mol. The second kappa shape index (κ2) is 13.4. The van der Waals surface area contributed by atoms with Crippen LogP contribution in [-0.4, -0.2) is 17.6 Å². The van der Waals surface area contributed by atoms with Crippen LogP contribution >= 0.6 is 34.4 Å². The highest BCUT2D eigenvalue weighted by molar-refractivity contribution is 7.99. The maximum absolute atomic E-state index is 11.1. The highest BCUT2D eigenvalue weighted by atomic mass is 32.2. The van der Waals surface area contributed by atoms with Gasteiger partial charge in [0.1, 0.15) is 11.6 Å². The fourth-order valence-electron chi connectivity index (χ4n) is 4.93. The first kappa shape index (κ1) is 28.9. The van der Waals surface area contributed by atoms with Crippen molar-refractivity contribution in [2.75, 3.05) is 11.4 Å². The highest BCUT2D eigenvalue weighted by Crippen LogP contribution is 2.49. The Balaban J connectivity index is 1.34. The molecule has 4 nitrogen and oxygen atoms in total. The highest BCUT2D eigenvalue weighted by Gasteiger charge is 2.25. The van der Waals surface area contributed by atoms with Crippen molar-refractivity contribution in [2.45, 2.75) is 49.3 Å². The zero-order valence-corrected chi connectivity index (χ0v) is 25.6. The quantitative estimate of drug-likeness (QED) is 0.138. The van der Waals surface area contributed by atoms with Crippen molar-refractivity contribution in [3.8, 4) is 15.8 Å². The summed E-state index contributed by atoms with van der Waals surface area (Å²) in [6, 6.07) is 25.3. The van der Waals surface area contributed by atoms with Crippen LogP contribution in [0.1, 0.15) is 54.8 Å². The number of hydrogen-bond donors (Lipinski definition) is 1. The summed E-state index contributed by atoms with van der Waals surface area (Å²) in [5.41, 5.74) is 3.52.